The molecule has 0 fully saturated rings. The first-order valence-corrected chi connectivity index (χ1v) is 12.3. The van der Waals surface area contributed by atoms with Crippen LogP contribution < -0.4 is 5.32 Å². The van der Waals surface area contributed by atoms with Crippen LogP contribution in [0.15, 0.2) is 84.9 Å². The van der Waals surface area contributed by atoms with Gasteiger partial charge in [0.05, 0.1) is 11.2 Å². The van der Waals surface area contributed by atoms with Crippen molar-refractivity contribution >= 4 is 33.3 Å². The second-order valence-electron chi connectivity index (χ2n) is 8.30. The van der Waals surface area contributed by atoms with E-state index in [9.17, 15) is 4.79 Å². The van der Waals surface area contributed by atoms with Crippen molar-refractivity contribution in [3.05, 3.63) is 101 Å². The van der Waals surface area contributed by atoms with E-state index >= 15 is 0 Å². The van der Waals surface area contributed by atoms with Crippen LogP contribution in [0.5, 0.6) is 0 Å². The molecule has 5 aromatic rings. The summed E-state index contributed by atoms with van der Waals surface area (Å²) in [6.07, 6.45) is 1.93. The molecule has 0 radical (unpaired) electrons. The van der Waals surface area contributed by atoms with Crippen LogP contribution >= 0.6 is 11.3 Å². The van der Waals surface area contributed by atoms with E-state index < -0.39 is 0 Å². The molecule has 5 rings (SSSR count). The molecule has 34 heavy (non-hydrogen) atoms. The molecule has 1 amide bonds. The molecular weight excluding hydrogens is 438 g/mol. The van der Waals surface area contributed by atoms with Gasteiger partial charge in [-0.05, 0) is 42.7 Å². The maximum absolute atomic E-state index is 13.0. The number of pyridine rings is 1. The molecule has 0 spiro atoms. The predicted molar refractivity (Wildman–Crippen MR) is 141 cm³/mol. The van der Waals surface area contributed by atoms with Gasteiger partial charge in [-0.2, -0.15) is 0 Å². The average molecular weight is 464 g/mol. The van der Waals surface area contributed by atoms with Gasteiger partial charge in [0.25, 0.3) is 5.91 Å². The molecule has 5 heteroatoms. The van der Waals surface area contributed by atoms with Crippen molar-refractivity contribution in [3.8, 4) is 22.4 Å². The van der Waals surface area contributed by atoms with Crippen molar-refractivity contribution in [1.82, 2.24) is 9.97 Å². The number of amides is 1. The molecule has 0 aliphatic heterocycles. The number of fused-ring (bicyclic) bond motifs is 1. The Morgan fingerprint density at radius 1 is 0.853 bits per heavy atom. The lowest BCUT2D eigenvalue weighted by molar-refractivity contribution is 0.102. The summed E-state index contributed by atoms with van der Waals surface area (Å²) < 4.78 is 0. The first-order chi connectivity index (χ1) is 16.6. The van der Waals surface area contributed by atoms with Gasteiger partial charge in [-0.15, -0.1) is 11.3 Å². The van der Waals surface area contributed by atoms with Crippen molar-refractivity contribution in [3.63, 3.8) is 0 Å². The highest BCUT2D eigenvalue weighted by molar-refractivity contribution is 7.16. The van der Waals surface area contributed by atoms with Crippen LogP contribution in [0.3, 0.4) is 0 Å². The van der Waals surface area contributed by atoms with Gasteiger partial charge in [-0.25, -0.2) is 4.98 Å². The third kappa shape index (κ3) is 4.61. The summed E-state index contributed by atoms with van der Waals surface area (Å²) in [7, 11) is 0. The Labute approximate surface area is 203 Å². The molecule has 0 unspecified atom stereocenters. The zero-order valence-electron chi connectivity index (χ0n) is 19.2. The van der Waals surface area contributed by atoms with Crippen molar-refractivity contribution in [2.75, 3.05) is 5.32 Å². The molecule has 0 atom stereocenters. The SMILES string of the molecule is CCCc1sc(NC(=O)c2ccc3ccc(C)nc3c2)nc1-c1ccc(-c2ccccc2)cc1. The molecule has 3 aromatic carbocycles. The molecule has 4 nitrogen and oxygen atoms in total. The smallest absolute Gasteiger partial charge is 0.257 e. The van der Waals surface area contributed by atoms with E-state index in [1.165, 1.54) is 16.0 Å². The summed E-state index contributed by atoms with van der Waals surface area (Å²) >= 11 is 1.55. The van der Waals surface area contributed by atoms with Crippen LogP contribution in [0.2, 0.25) is 0 Å². The van der Waals surface area contributed by atoms with E-state index in [0.29, 0.717) is 10.7 Å². The number of aromatic nitrogens is 2. The van der Waals surface area contributed by atoms with E-state index in [1.807, 2.05) is 55.5 Å². The highest BCUT2D eigenvalue weighted by Gasteiger charge is 2.16. The molecule has 168 valence electrons. The number of carbonyl (C=O) groups excluding carboxylic acids is 1. The molecule has 0 aliphatic rings. The number of hydrogen-bond donors (Lipinski definition) is 1. The largest absolute Gasteiger partial charge is 0.298 e. The summed E-state index contributed by atoms with van der Waals surface area (Å²) in [5, 5.41) is 4.64. The maximum Gasteiger partial charge on any atom is 0.257 e. The van der Waals surface area contributed by atoms with E-state index in [1.54, 1.807) is 11.3 Å². The van der Waals surface area contributed by atoms with Crippen LogP contribution in [0.25, 0.3) is 33.3 Å². The number of benzene rings is 3. The molecule has 0 aliphatic carbocycles. The zero-order valence-corrected chi connectivity index (χ0v) is 20.0. The Balaban J connectivity index is 1.41. The zero-order chi connectivity index (χ0) is 23.5. The van der Waals surface area contributed by atoms with Crippen molar-refractivity contribution in [1.29, 1.82) is 0 Å². The van der Waals surface area contributed by atoms with Gasteiger partial charge in [-0.3, -0.25) is 15.1 Å². The minimum Gasteiger partial charge on any atom is -0.298 e. The van der Waals surface area contributed by atoms with Gasteiger partial charge >= 0.3 is 0 Å². The Bertz CT molecular complexity index is 1460. The third-order valence-corrected chi connectivity index (χ3v) is 6.78. The van der Waals surface area contributed by atoms with Gasteiger partial charge in [0.2, 0.25) is 0 Å². The summed E-state index contributed by atoms with van der Waals surface area (Å²) in [4.78, 5) is 23.5. The fourth-order valence-electron chi connectivity index (χ4n) is 4.01. The number of nitrogens with one attached hydrogen (secondary N) is 1. The van der Waals surface area contributed by atoms with Crippen molar-refractivity contribution in [2.45, 2.75) is 26.7 Å². The van der Waals surface area contributed by atoms with Crippen LogP contribution in [0.1, 0.15) is 34.3 Å². The summed E-state index contributed by atoms with van der Waals surface area (Å²) in [6, 6.07) is 28.4. The van der Waals surface area contributed by atoms with E-state index in [4.69, 9.17) is 4.98 Å². The third-order valence-electron chi connectivity index (χ3n) is 5.75. The number of aryl methyl sites for hydroxylation is 2. The minimum atomic E-state index is -0.173. The van der Waals surface area contributed by atoms with Crippen LogP contribution in [0.4, 0.5) is 5.13 Å². The number of anilines is 1. The second kappa shape index (κ2) is 9.57. The first-order valence-electron chi connectivity index (χ1n) is 11.4. The Hall–Kier alpha value is -3.83. The highest BCUT2D eigenvalue weighted by Crippen LogP contribution is 2.33. The van der Waals surface area contributed by atoms with Gasteiger partial charge in [0, 0.05) is 27.1 Å². The highest BCUT2D eigenvalue weighted by atomic mass is 32.1. The monoisotopic (exact) mass is 463 g/mol. The van der Waals surface area contributed by atoms with Crippen molar-refractivity contribution in [2.24, 2.45) is 0 Å². The van der Waals surface area contributed by atoms with Gasteiger partial charge in [0.1, 0.15) is 0 Å². The van der Waals surface area contributed by atoms with Crippen molar-refractivity contribution < 1.29 is 4.79 Å². The Kier molecular flexibility index (Phi) is 6.19. The number of nitrogens with zero attached hydrogens (tertiary/aromatic N) is 2. The van der Waals surface area contributed by atoms with Gasteiger partial charge in [0.15, 0.2) is 5.13 Å². The second-order valence-corrected chi connectivity index (χ2v) is 9.38. The lowest BCUT2D eigenvalue weighted by atomic mass is 10.0. The lowest BCUT2D eigenvalue weighted by Crippen LogP contribution is -2.11. The van der Waals surface area contributed by atoms with E-state index in [-0.39, 0.29) is 5.91 Å². The first kappa shape index (κ1) is 22.0. The summed E-state index contributed by atoms with van der Waals surface area (Å²) in [5.41, 5.74) is 6.68. The maximum atomic E-state index is 13.0. The predicted octanol–water partition coefficient (Wildman–Crippen LogP) is 7.54. The quantitative estimate of drug-likeness (QED) is 0.283. The Morgan fingerprint density at radius 2 is 1.56 bits per heavy atom. The fourth-order valence-corrected chi connectivity index (χ4v) is 5.09. The fraction of sp³-hybridized carbons (Fsp3) is 0.138. The average Bonchev–Trinajstić information content (AvgIpc) is 3.26. The van der Waals surface area contributed by atoms with Crippen LogP contribution in [-0.4, -0.2) is 15.9 Å². The summed E-state index contributed by atoms with van der Waals surface area (Å²) in [5.74, 6) is -0.173. The normalized spacial score (nSPS) is 11.0. The molecule has 0 saturated heterocycles. The lowest BCUT2D eigenvalue weighted by Gasteiger charge is -2.05. The number of rotatable bonds is 6. The number of carbonyl (C=O) groups is 1. The van der Waals surface area contributed by atoms with Gasteiger partial charge in [-0.1, -0.05) is 80.1 Å². The Morgan fingerprint density at radius 3 is 2.32 bits per heavy atom. The molecule has 0 saturated carbocycles. The molecule has 2 heterocycles. The van der Waals surface area contributed by atoms with Crippen LogP contribution in [-0.2, 0) is 6.42 Å². The molecular formula is C29H25N3OS. The van der Waals surface area contributed by atoms with E-state index in [2.05, 4.69) is 53.6 Å². The molecule has 0 bridgehead atoms. The molecule has 2 aromatic heterocycles. The number of hydrogen-bond acceptors (Lipinski definition) is 4. The topological polar surface area (TPSA) is 54.9 Å². The summed E-state index contributed by atoms with van der Waals surface area (Å²) in [6.45, 7) is 4.11. The van der Waals surface area contributed by atoms with E-state index in [0.717, 1.165) is 40.7 Å². The molecule has 1 N–H and O–H groups in total. The van der Waals surface area contributed by atoms with Gasteiger partial charge < -0.3 is 0 Å². The number of thiazole rings is 1. The van der Waals surface area contributed by atoms with Crippen LogP contribution in [0, 0.1) is 6.92 Å². The minimum absolute atomic E-state index is 0.173. The standard InChI is InChI=1S/C29H25N3OS/c1-3-7-26-27(23-15-12-21(13-16-23)20-8-5-4-6-9-20)31-29(34-26)32-28(33)24-17-14-22-11-10-19(2)30-25(22)18-24/h4-6,8-18H,3,7H2,1-2H3,(H,31,32,33).